The molecular formula is C17H20N2. The van der Waals surface area contributed by atoms with E-state index in [9.17, 15) is 0 Å². The maximum atomic E-state index is 4.67. The monoisotopic (exact) mass is 252 g/mol. The second-order valence-electron chi connectivity index (χ2n) is 5.19. The molecule has 19 heavy (non-hydrogen) atoms. The van der Waals surface area contributed by atoms with Crippen LogP contribution in [-0.2, 0) is 0 Å². The highest BCUT2D eigenvalue weighted by molar-refractivity contribution is 5.62. The zero-order valence-corrected chi connectivity index (χ0v) is 11.4. The quantitative estimate of drug-likeness (QED) is 0.869. The zero-order valence-electron chi connectivity index (χ0n) is 11.4. The van der Waals surface area contributed by atoms with E-state index in [1.807, 2.05) is 6.07 Å². The van der Waals surface area contributed by atoms with Crippen LogP contribution in [0.5, 0.6) is 0 Å². The molecule has 1 saturated carbocycles. The van der Waals surface area contributed by atoms with Crippen molar-refractivity contribution in [1.82, 2.24) is 4.98 Å². The summed E-state index contributed by atoms with van der Waals surface area (Å²) in [5.74, 6) is 1.73. The third-order valence-corrected chi connectivity index (χ3v) is 3.87. The molecule has 0 spiro atoms. The highest BCUT2D eigenvalue weighted by Gasteiger charge is 2.19. The van der Waals surface area contributed by atoms with E-state index >= 15 is 0 Å². The van der Waals surface area contributed by atoms with Gasteiger partial charge in [-0.15, -0.1) is 0 Å². The minimum absolute atomic E-state index is 0.775. The van der Waals surface area contributed by atoms with Crippen molar-refractivity contribution >= 4 is 5.82 Å². The number of hydrogen-bond donors (Lipinski definition) is 1. The zero-order chi connectivity index (χ0) is 13.1. The molecule has 2 aromatic rings. The van der Waals surface area contributed by atoms with Crippen LogP contribution in [0.25, 0.3) is 11.3 Å². The maximum absolute atomic E-state index is 4.67. The number of hydrogen-bond acceptors (Lipinski definition) is 2. The van der Waals surface area contributed by atoms with Gasteiger partial charge in [-0.3, -0.25) is 0 Å². The van der Waals surface area contributed by atoms with E-state index in [4.69, 9.17) is 0 Å². The second-order valence-corrected chi connectivity index (χ2v) is 5.19. The molecule has 0 atom stereocenters. The predicted molar refractivity (Wildman–Crippen MR) is 80.4 cm³/mol. The molecule has 2 nitrogen and oxygen atoms in total. The molecule has 0 saturated heterocycles. The number of aromatic nitrogens is 1. The Morgan fingerprint density at radius 2 is 2.00 bits per heavy atom. The fourth-order valence-electron chi connectivity index (χ4n) is 2.57. The molecule has 2 heteroatoms. The van der Waals surface area contributed by atoms with Crippen molar-refractivity contribution in [2.45, 2.75) is 32.1 Å². The maximum Gasteiger partial charge on any atom is 0.126 e. The first-order chi connectivity index (χ1) is 9.36. The minimum atomic E-state index is 0.775. The molecule has 0 bridgehead atoms. The van der Waals surface area contributed by atoms with E-state index in [1.54, 1.807) is 0 Å². The van der Waals surface area contributed by atoms with Gasteiger partial charge < -0.3 is 5.32 Å². The number of rotatable bonds is 4. The van der Waals surface area contributed by atoms with Crippen molar-refractivity contribution in [3.05, 3.63) is 48.0 Å². The molecule has 0 amide bonds. The van der Waals surface area contributed by atoms with Crippen molar-refractivity contribution in [3.63, 3.8) is 0 Å². The van der Waals surface area contributed by atoms with Crippen molar-refractivity contribution in [2.24, 2.45) is 0 Å². The Hall–Kier alpha value is -1.83. The van der Waals surface area contributed by atoms with Crippen LogP contribution in [-0.4, -0.2) is 11.5 Å². The topological polar surface area (TPSA) is 24.9 Å². The SMILES string of the molecule is CCNc1cccc(-c2cccc(C3CCC3)c2)n1. The van der Waals surface area contributed by atoms with E-state index in [2.05, 4.69) is 53.6 Å². The van der Waals surface area contributed by atoms with Crippen molar-refractivity contribution in [1.29, 1.82) is 0 Å². The van der Waals surface area contributed by atoms with Gasteiger partial charge in [0.25, 0.3) is 0 Å². The average Bonchev–Trinajstić information content (AvgIpc) is 2.38. The largest absolute Gasteiger partial charge is 0.370 e. The smallest absolute Gasteiger partial charge is 0.126 e. The summed E-state index contributed by atoms with van der Waals surface area (Å²) < 4.78 is 0. The summed E-state index contributed by atoms with van der Waals surface area (Å²) in [5.41, 5.74) is 3.75. The third-order valence-electron chi connectivity index (χ3n) is 3.87. The van der Waals surface area contributed by atoms with Crippen molar-refractivity contribution in [3.8, 4) is 11.3 Å². The van der Waals surface area contributed by atoms with Crippen LogP contribution in [0.1, 0.15) is 37.7 Å². The predicted octanol–water partition coefficient (Wildman–Crippen LogP) is 4.45. The normalized spacial score (nSPS) is 15.0. The average molecular weight is 252 g/mol. The molecule has 0 unspecified atom stereocenters. The van der Waals surface area contributed by atoms with Gasteiger partial charge >= 0.3 is 0 Å². The fourth-order valence-corrected chi connectivity index (χ4v) is 2.57. The van der Waals surface area contributed by atoms with Gasteiger partial charge in [0.05, 0.1) is 5.69 Å². The summed E-state index contributed by atoms with van der Waals surface area (Å²) in [7, 11) is 0. The second kappa shape index (κ2) is 5.43. The van der Waals surface area contributed by atoms with Crippen LogP contribution < -0.4 is 5.32 Å². The van der Waals surface area contributed by atoms with Crippen LogP contribution in [0, 0.1) is 0 Å². The molecule has 1 aromatic heterocycles. The van der Waals surface area contributed by atoms with E-state index in [1.165, 1.54) is 30.4 Å². The van der Waals surface area contributed by atoms with Crippen LogP contribution in [0.3, 0.4) is 0 Å². The lowest BCUT2D eigenvalue weighted by atomic mass is 9.79. The molecule has 1 fully saturated rings. The first-order valence-electron chi connectivity index (χ1n) is 7.18. The highest BCUT2D eigenvalue weighted by Crippen LogP contribution is 2.37. The summed E-state index contributed by atoms with van der Waals surface area (Å²) in [6, 6.07) is 15.0. The summed E-state index contributed by atoms with van der Waals surface area (Å²) >= 11 is 0. The van der Waals surface area contributed by atoms with Crippen molar-refractivity contribution in [2.75, 3.05) is 11.9 Å². The van der Waals surface area contributed by atoms with Crippen LogP contribution >= 0.6 is 0 Å². The number of anilines is 1. The number of benzene rings is 1. The molecule has 1 aliphatic rings. The lowest BCUT2D eigenvalue weighted by Gasteiger charge is -2.26. The Morgan fingerprint density at radius 1 is 1.16 bits per heavy atom. The molecular weight excluding hydrogens is 232 g/mol. The molecule has 1 aliphatic carbocycles. The Balaban J connectivity index is 1.90. The van der Waals surface area contributed by atoms with Gasteiger partial charge in [0.2, 0.25) is 0 Å². The first kappa shape index (κ1) is 12.2. The fraction of sp³-hybridized carbons (Fsp3) is 0.353. The third kappa shape index (κ3) is 2.62. The molecule has 1 heterocycles. The van der Waals surface area contributed by atoms with Crippen LogP contribution in [0.15, 0.2) is 42.5 Å². The van der Waals surface area contributed by atoms with Gasteiger partial charge in [0, 0.05) is 12.1 Å². The van der Waals surface area contributed by atoms with Crippen LogP contribution in [0.2, 0.25) is 0 Å². The molecule has 3 rings (SSSR count). The Labute approximate surface area is 114 Å². The Kier molecular flexibility index (Phi) is 3.49. The number of nitrogens with zero attached hydrogens (tertiary/aromatic N) is 1. The summed E-state index contributed by atoms with van der Waals surface area (Å²) in [6.07, 6.45) is 4.06. The number of pyridine rings is 1. The van der Waals surface area contributed by atoms with E-state index in [-0.39, 0.29) is 0 Å². The molecule has 98 valence electrons. The Morgan fingerprint density at radius 3 is 2.74 bits per heavy atom. The van der Waals surface area contributed by atoms with Gasteiger partial charge in [-0.25, -0.2) is 4.98 Å². The van der Waals surface area contributed by atoms with Gasteiger partial charge in [-0.1, -0.05) is 30.7 Å². The van der Waals surface area contributed by atoms with E-state index in [0.717, 1.165) is 24.0 Å². The van der Waals surface area contributed by atoms with Gasteiger partial charge in [-0.2, -0.15) is 0 Å². The van der Waals surface area contributed by atoms with E-state index < -0.39 is 0 Å². The standard InChI is InChI=1S/C17H20N2/c1-2-18-17-11-5-10-16(19-17)15-9-4-8-14(12-15)13-6-3-7-13/h4-5,8-13H,2-3,6-7H2,1H3,(H,18,19). The van der Waals surface area contributed by atoms with Gasteiger partial charge in [0.15, 0.2) is 0 Å². The Bertz CT molecular complexity index is 559. The molecule has 0 aliphatic heterocycles. The highest BCUT2D eigenvalue weighted by atomic mass is 15.0. The summed E-state index contributed by atoms with van der Waals surface area (Å²) in [4.78, 5) is 4.67. The molecule has 1 N–H and O–H groups in total. The van der Waals surface area contributed by atoms with Crippen LogP contribution in [0.4, 0.5) is 5.82 Å². The van der Waals surface area contributed by atoms with Gasteiger partial charge in [-0.05, 0) is 49.4 Å². The minimum Gasteiger partial charge on any atom is -0.370 e. The van der Waals surface area contributed by atoms with Crippen molar-refractivity contribution < 1.29 is 0 Å². The number of nitrogens with one attached hydrogen (secondary N) is 1. The molecule has 1 aromatic carbocycles. The molecule has 0 radical (unpaired) electrons. The van der Waals surface area contributed by atoms with Gasteiger partial charge in [0.1, 0.15) is 5.82 Å². The van der Waals surface area contributed by atoms with E-state index in [0.29, 0.717) is 0 Å². The summed E-state index contributed by atoms with van der Waals surface area (Å²) in [5, 5.41) is 3.27. The first-order valence-corrected chi connectivity index (χ1v) is 7.18. The lowest BCUT2D eigenvalue weighted by Crippen LogP contribution is -2.08. The lowest BCUT2D eigenvalue weighted by molar-refractivity contribution is 0.420. The summed E-state index contributed by atoms with van der Waals surface area (Å²) in [6.45, 7) is 2.99.